The minimum Gasteiger partial charge on any atom is -0.463 e. The summed E-state index contributed by atoms with van der Waals surface area (Å²) >= 11 is 0. The highest BCUT2D eigenvalue weighted by Gasteiger charge is 2.19. The second-order valence-electron chi connectivity index (χ2n) is 7.85. The molecule has 8 heteroatoms. The molecule has 1 fully saturated rings. The molecule has 0 aliphatic heterocycles. The lowest BCUT2D eigenvalue weighted by Crippen LogP contribution is -2.19. The molecule has 3 aromatic heterocycles. The van der Waals surface area contributed by atoms with E-state index in [1.54, 1.807) is 24.5 Å². The molecule has 158 valence electrons. The van der Waals surface area contributed by atoms with E-state index in [-0.39, 0.29) is 17.4 Å². The largest absolute Gasteiger partial charge is 0.463 e. The highest BCUT2D eigenvalue weighted by Crippen LogP contribution is 2.29. The Hall–Kier alpha value is -3.16. The van der Waals surface area contributed by atoms with E-state index in [0.29, 0.717) is 41.7 Å². The summed E-state index contributed by atoms with van der Waals surface area (Å²) in [5.74, 6) is 1.87. The Morgan fingerprint density at radius 2 is 2.17 bits per heavy atom. The van der Waals surface area contributed by atoms with Gasteiger partial charge in [-0.05, 0) is 30.9 Å². The van der Waals surface area contributed by atoms with Gasteiger partial charge in [-0.2, -0.15) is 9.78 Å². The fourth-order valence-electron chi connectivity index (χ4n) is 3.99. The van der Waals surface area contributed by atoms with E-state index < -0.39 is 0 Å². The zero-order chi connectivity index (χ0) is 20.9. The summed E-state index contributed by atoms with van der Waals surface area (Å²) in [6.07, 6.45) is 9.43. The minimum absolute atomic E-state index is 0.0684. The van der Waals surface area contributed by atoms with Crippen LogP contribution in [0.2, 0.25) is 0 Å². The molecule has 1 saturated carbocycles. The molecule has 0 radical (unpaired) electrons. The van der Waals surface area contributed by atoms with Crippen molar-refractivity contribution in [1.29, 1.82) is 0 Å². The third-order valence-corrected chi connectivity index (χ3v) is 5.49. The first kappa shape index (κ1) is 20.1. The van der Waals surface area contributed by atoms with Gasteiger partial charge in [-0.15, -0.1) is 0 Å². The molecule has 3 aromatic rings. The SMILES string of the molecule is CCCc1cc(=O)[nH]c(-n2nc(-c3ccco3)cc2NC(=O)CCC2CCCC2)n1. The number of anilines is 1. The number of nitrogens with one attached hydrogen (secondary N) is 2. The molecular formula is C22H27N5O3. The van der Waals surface area contributed by atoms with Crippen LogP contribution in [0.3, 0.4) is 0 Å². The van der Waals surface area contributed by atoms with E-state index in [1.165, 1.54) is 36.4 Å². The molecule has 0 atom stereocenters. The van der Waals surface area contributed by atoms with Crippen LogP contribution in [-0.4, -0.2) is 25.7 Å². The van der Waals surface area contributed by atoms with Gasteiger partial charge in [0, 0.05) is 24.2 Å². The molecule has 0 bridgehead atoms. The third kappa shape index (κ3) is 4.69. The molecule has 0 unspecified atom stereocenters. The number of nitrogens with zero attached hydrogens (tertiary/aromatic N) is 3. The first-order valence-electron chi connectivity index (χ1n) is 10.7. The average Bonchev–Trinajstić information content (AvgIpc) is 3.47. The Bertz CT molecular complexity index is 1050. The first-order valence-corrected chi connectivity index (χ1v) is 10.7. The van der Waals surface area contributed by atoms with Gasteiger partial charge < -0.3 is 9.73 Å². The Labute approximate surface area is 174 Å². The van der Waals surface area contributed by atoms with Crippen LogP contribution >= 0.6 is 0 Å². The van der Waals surface area contributed by atoms with Crippen LogP contribution in [0.5, 0.6) is 0 Å². The van der Waals surface area contributed by atoms with Crippen molar-refractivity contribution in [2.24, 2.45) is 5.92 Å². The summed E-state index contributed by atoms with van der Waals surface area (Å²) in [5, 5.41) is 7.48. The maximum Gasteiger partial charge on any atom is 0.252 e. The van der Waals surface area contributed by atoms with Gasteiger partial charge in [0.05, 0.1) is 6.26 Å². The van der Waals surface area contributed by atoms with Crippen molar-refractivity contribution < 1.29 is 9.21 Å². The lowest BCUT2D eigenvalue weighted by atomic mass is 10.0. The Morgan fingerprint density at radius 1 is 1.33 bits per heavy atom. The molecule has 1 aliphatic rings. The predicted octanol–water partition coefficient (Wildman–Crippen LogP) is 4.08. The number of hydrogen-bond donors (Lipinski definition) is 2. The number of furan rings is 1. The summed E-state index contributed by atoms with van der Waals surface area (Å²) in [6, 6.07) is 6.79. The van der Waals surface area contributed by atoms with Gasteiger partial charge in [0.25, 0.3) is 5.56 Å². The summed E-state index contributed by atoms with van der Waals surface area (Å²) < 4.78 is 6.91. The number of aromatic nitrogens is 4. The van der Waals surface area contributed by atoms with Crippen LogP contribution in [0.25, 0.3) is 17.4 Å². The van der Waals surface area contributed by atoms with Crippen molar-refractivity contribution in [1.82, 2.24) is 19.7 Å². The maximum atomic E-state index is 12.6. The molecular weight excluding hydrogens is 382 g/mol. The smallest absolute Gasteiger partial charge is 0.252 e. The monoisotopic (exact) mass is 409 g/mol. The van der Waals surface area contributed by atoms with E-state index in [4.69, 9.17) is 4.42 Å². The number of amides is 1. The van der Waals surface area contributed by atoms with Crippen LogP contribution in [0.15, 0.2) is 39.7 Å². The Kier molecular flexibility index (Phi) is 6.11. The van der Waals surface area contributed by atoms with Crippen LogP contribution in [0.1, 0.15) is 57.6 Å². The third-order valence-electron chi connectivity index (χ3n) is 5.49. The van der Waals surface area contributed by atoms with Crippen molar-refractivity contribution in [3.63, 3.8) is 0 Å². The van der Waals surface area contributed by atoms with Crippen LogP contribution < -0.4 is 10.9 Å². The molecule has 0 saturated heterocycles. The average molecular weight is 409 g/mol. The first-order chi connectivity index (χ1) is 14.6. The molecule has 2 N–H and O–H groups in total. The molecule has 0 aromatic carbocycles. The summed E-state index contributed by atoms with van der Waals surface area (Å²) in [7, 11) is 0. The van der Waals surface area contributed by atoms with Crippen LogP contribution in [0, 0.1) is 5.92 Å². The molecule has 1 amide bonds. The molecule has 0 spiro atoms. The Balaban J connectivity index is 1.61. The normalized spacial score (nSPS) is 14.3. The van der Waals surface area contributed by atoms with E-state index in [9.17, 15) is 9.59 Å². The van der Waals surface area contributed by atoms with Crippen molar-refractivity contribution in [3.8, 4) is 17.4 Å². The fourth-order valence-corrected chi connectivity index (χ4v) is 3.99. The molecule has 3 heterocycles. The quantitative estimate of drug-likeness (QED) is 0.583. The summed E-state index contributed by atoms with van der Waals surface area (Å²) in [4.78, 5) is 32.0. The molecule has 30 heavy (non-hydrogen) atoms. The number of aryl methyl sites for hydroxylation is 1. The lowest BCUT2D eigenvalue weighted by molar-refractivity contribution is -0.116. The number of carbonyl (C=O) groups is 1. The van der Waals surface area contributed by atoms with Crippen molar-refractivity contribution in [2.45, 2.75) is 58.3 Å². The second-order valence-corrected chi connectivity index (χ2v) is 7.85. The van der Waals surface area contributed by atoms with E-state index in [0.717, 1.165) is 12.8 Å². The number of rotatable bonds is 8. The maximum absolute atomic E-state index is 12.6. The number of H-pyrrole nitrogens is 1. The van der Waals surface area contributed by atoms with Crippen molar-refractivity contribution >= 4 is 11.7 Å². The van der Waals surface area contributed by atoms with Crippen LogP contribution in [0.4, 0.5) is 5.82 Å². The number of carbonyl (C=O) groups excluding carboxylic acids is 1. The molecule has 4 rings (SSSR count). The second kappa shape index (κ2) is 9.11. The Morgan fingerprint density at radius 3 is 2.90 bits per heavy atom. The van der Waals surface area contributed by atoms with Crippen molar-refractivity contribution in [2.75, 3.05) is 5.32 Å². The predicted molar refractivity (Wildman–Crippen MR) is 113 cm³/mol. The number of aromatic amines is 1. The van der Waals surface area contributed by atoms with Gasteiger partial charge in [0.1, 0.15) is 11.5 Å². The van der Waals surface area contributed by atoms with Crippen molar-refractivity contribution in [3.05, 3.63) is 46.6 Å². The zero-order valence-electron chi connectivity index (χ0n) is 17.2. The van der Waals surface area contributed by atoms with E-state index >= 15 is 0 Å². The topological polar surface area (TPSA) is 106 Å². The van der Waals surface area contributed by atoms with Gasteiger partial charge in [-0.3, -0.25) is 14.6 Å². The van der Waals surface area contributed by atoms with Gasteiger partial charge >= 0.3 is 0 Å². The van der Waals surface area contributed by atoms with Gasteiger partial charge in [0.2, 0.25) is 11.9 Å². The van der Waals surface area contributed by atoms with Crippen LogP contribution in [-0.2, 0) is 11.2 Å². The number of hydrogen-bond acceptors (Lipinski definition) is 5. The van der Waals surface area contributed by atoms with Gasteiger partial charge in [-0.25, -0.2) is 4.98 Å². The van der Waals surface area contributed by atoms with E-state index in [2.05, 4.69) is 20.4 Å². The van der Waals surface area contributed by atoms with Gasteiger partial charge in [-0.1, -0.05) is 39.0 Å². The summed E-state index contributed by atoms with van der Waals surface area (Å²) in [6.45, 7) is 2.03. The molecule has 8 nitrogen and oxygen atoms in total. The minimum atomic E-state index is -0.253. The highest BCUT2D eigenvalue weighted by atomic mass is 16.3. The standard InChI is InChI=1S/C22H27N5O3/c1-2-6-16-13-21(29)25-22(23-16)27-19(14-17(26-27)18-9-5-12-30-18)24-20(28)11-10-15-7-3-4-8-15/h5,9,12-15H,2-4,6-8,10-11H2,1H3,(H,24,28)(H,23,25,29). The summed E-state index contributed by atoms with van der Waals surface area (Å²) in [5.41, 5.74) is 0.983. The zero-order valence-corrected chi connectivity index (χ0v) is 17.2. The fraction of sp³-hybridized carbons (Fsp3) is 0.455. The lowest BCUT2D eigenvalue weighted by Gasteiger charge is -2.10. The highest BCUT2D eigenvalue weighted by molar-refractivity contribution is 5.90. The molecule has 1 aliphatic carbocycles. The van der Waals surface area contributed by atoms with E-state index in [1.807, 2.05) is 6.92 Å². The van der Waals surface area contributed by atoms with Gasteiger partial charge in [0.15, 0.2) is 5.76 Å².